The van der Waals surface area contributed by atoms with E-state index in [1.165, 1.54) is 0 Å². The standard InChI is InChI=1S/C15H18N4O3S/c20-15(16-12-5-4-10-23(21,22)11-12)17-14-8-9-19(18-14)13-6-2-1-3-7-13/h1-3,6-9,12H,4-5,10-11H2,(H2,16,17,18,20). The van der Waals surface area contributed by atoms with Crippen LogP contribution in [-0.4, -0.2) is 41.8 Å². The fourth-order valence-electron chi connectivity index (χ4n) is 2.59. The van der Waals surface area contributed by atoms with E-state index in [-0.39, 0.29) is 17.5 Å². The molecule has 2 amide bonds. The normalized spacial score (nSPS) is 19.9. The van der Waals surface area contributed by atoms with Crippen LogP contribution in [0.2, 0.25) is 0 Å². The molecule has 3 rings (SSSR count). The number of nitrogens with zero attached hydrogens (tertiary/aromatic N) is 2. The average molecular weight is 334 g/mol. The topological polar surface area (TPSA) is 93.1 Å². The summed E-state index contributed by atoms with van der Waals surface area (Å²) >= 11 is 0. The second-order valence-electron chi connectivity index (χ2n) is 5.53. The van der Waals surface area contributed by atoms with Crippen molar-refractivity contribution in [3.8, 4) is 5.69 Å². The number of urea groups is 1. The number of amides is 2. The van der Waals surface area contributed by atoms with Crippen LogP contribution in [0, 0.1) is 0 Å². The summed E-state index contributed by atoms with van der Waals surface area (Å²) < 4.78 is 24.8. The lowest BCUT2D eigenvalue weighted by Gasteiger charge is -2.22. The lowest BCUT2D eigenvalue weighted by Crippen LogP contribution is -2.45. The molecule has 1 aliphatic heterocycles. The minimum Gasteiger partial charge on any atom is -0.334 e. The van der Waals surface area contributed by atoms with Crippen LogP contribution >= 0.6 is 0 Å². The van der Waals surface area contributed by atoms with Crippen molar-refractivity contribution >= 4 is 21.7 Å². The monoisotopic (exact) mass is 334 g/mol. The molecule has 0 radical (unpaired) electrons. The van der Waals surface area contributed by atoms with E-state index in [4.69, 9.17) is 0 Å². The van der Waals surface area contributed by atoms with Crippen LogP contribution in [0.5, 0.6) is 0 Å². The SMILES string of the molecule is O=C(Nc1ccn(-c2ccccc2)n1)NC1CCCS(=O)(=O)C1. The number of hydrogen-bond donors (Lipinski definition) is 2. The van der Waals surface area contributed by atoms with Crippen molar-refractivity contribution in [2.24, 2.45) is 0 Å². The van der Waals surface area contributed by atoms with Gasteiger partial charge in [-0.15, -0.1) is 5.10 Å². The quantitative estimate of drug-likeness (QED) is 0.891. The van der Waals surface area contributed by atoms with Gasteiger partial charge in [-0.3, -0.25) is 5.32 Å². The summed E-state index contributed by atoms with van der Waals surface area (Å²) in [7, 11) is -3.04. The van der Waals surface area contributed by atoms with Gasteiger partial charge in [0.05, 0.1) is 17.2 Å². The molecule has 122 valence electrons. The van der Waals surface area contributed by atoms with E-state index in [1.807, 2.05) is 30.3 Å². The molecule has 2 aromatic rings. The van der Waals surface area contributed by atoms with Crippen LogP contribution in [0.4, 0.5) is 10.6 Å². The van der Waals surface area contributed by atoms with Gasteiger partial charge in [-0.05, 0) is 25.0 Å². The molecule has 2 N–H and O–H groups in total. The fraction of sp³-hybridized carbons (Fsp3) is 0.333. The van der Waals surface area contributed by atoms with Gasteiger partial charge in [0.2, 0.25) is 0 Å². The maximum Gasteiger partial charge on any atom is 0.320 e. The number of carbonyl (C=O) groups is 1. The molecule has 0 saturated carbocycles. The summed E-state index contributed by atoms with van der Waals surface area (Å²) in [5.74, 6) is 0.609. The molecular weight excluding hydrogens is 316 g/mol. The zero-order chi connectivity index (χ0) is 16.3. The molecule has 1 aromatic heterocycles. The molecule has 1 aliphatic rings. The number of aromatic nitrogens is 2. The van der Waals surface area contributed by atoms with Crippen molar-refractivity contribution in [3.63, 3.8) is 0 Å². The highest BCUT2D eigenvalue weighted by Gasteiger charge is 2.25. The van der Waals surface area contributed by atoms with Gasteiger partial charge in [-0.25, -0.2) is 17.9 Å². The zero-order valence-corrected chi connectivity index (χ0v) is 13.3. The third kappa shape index (κ3) is 4.10. The Labute approximate surface area is 134 Å². The number of hydrogen-bond acceptors (Lipinski definition) is 4. The maximum absolute atomic E-state index is 12.0. The average Bonchev–Trinajstić information content (AvgIpc) is 2.95. The van der Waals surface area contributed by atoms with Crippen molar-refractivity contribution in [2.45, 2.75) is 18.9 Å². The summed E-state index contributed by atoms with van der Waals surface area (Å²) in [6.07, 6.45) is 3.00. The van der Waals surface area contributed by atoms with Gasteiger partial charge in [-0.2, -0.15) is 0 Å². The largest absolute Gasteiger partial charge is 0.334 e. The Bertz CT molecular complexity index is 786. The third-order valence-electron chi connectivity index (χ3n) is 3.65. The molecule has 8 heteroatoms. The minimum absolute atomic E-state index is 0.00112. The molecule has 0 aliphatic carbocycles. The zero-order valence-electron chi connectivity index (χ0n) is 12.5. The number of sulfone groups is 1. The number of benzene rings is 1. The van der Waals surface area contributed by atoms with Gasteiger partial charge in [0, 0.05) is 18.3 Å². The molecule has 1 aromatic carbocycles. The van der Waals surface area contributed by atoms with Gasteiger partial charge in [0.15, 0.2) is 15.7 Å². The summed E-state index contributed by atoms with van der Waals surface area (Å²) in [4.78, 5) is 12.0. The molecule has 7 nitrogen and oxygen atoms in total. The molecule has 0 spiro atoms. The van der Waals surface area contributed by atoms with E-state index in [0.29, 0.717) is 18.7 Å². The van der Waals surface area contributed by atoms with E-state index >= 15 is 0 Å². The van der Waals surface area contributed by atoms with Crippen LogP contribution in [0.1, 0.15) is 12.8 Å². The Morgan fingerprint density at radius 2 is 2.00 bits per heavy atom. The molecule has 0 bridgehead atoms. The number of rotatable bonds is 3. The first-order valence-corrected chi connectivity index (χ1v) is 9.23. The second-order valence-corrected chi connectivity index (χ2v) is 7.76. The van der Waals surface area contributed by atoms with Crippen LogP contribution < -0.4 is 10.6 Å². The number of anilines is 1. The van der Waals surface area contributed by atoms with E-state index in [9.17, 15) is 13.2 Å². The fourth-order valence-corrected chi connectivity index (χ4v) is 4.23. The molecule has 2 heterocycles. The van der Waals surface area contributed by atoms with Crippen molar-refractivity contribution < 1.29 is 13.2 Å². The Morgan fingerprint density at radius 3 is 2.74 bits per heavy atom. The Morgan fingerprint density at radius 1 is 1.22 bits per heavy atom. The van der Waals surface area contributed by atoms with Gasteiger partial charge in [0.1, 0.15) is 0 Å². The Balaban J connectivity index is 1.59. The first-order valence-electron chi connectivity index (χ1n) is 7.41. The predicted molar refractivity (Wildman–Crippen MR) is 87.4 cm³/mol. The third-order valence-corrected chi connectivity index (χ3v) is 5.47. The minimum atomic E-state index is -3.04. The number of para-hydroxylation sites is 1. The molecule has 23 heavy (non-hydrogen) atoms. The van der Waals surface area contributed by atoms with Crippen molar-refractivity contribution in [2.75, 3.05) is 16.8 Å². The lowest BCUT2D eigenvalue weighted by molar-refractivity contribution is 0.248. The van der Waals surface area contributed by atoms with E-state index in [0.717, 1.165) is 5.69 Å². The highest BCUT2D eigenvalue weighted by molar-refractivity contribution is 7.91. The van der Waals surface area contributed by atoms with E-state index < -0.39 is 15.9 Å². The first-order chi connectivity index (χ1) is 11.0. The van der Waals surface area contributed by atoms with Crippen LogP contribution in [0.25, 0.3) is 5.69 Å². The van der Waals surface area contributed by atoms with Crippen molar-refractivity contribution in [1.82, 2.24) is 15.1 Å². The van der Waals surface area contributed by atoms with Gasteiger partial charge >= 0.3 is 6.03 Å². The molecular formula is C15H18N4O3S. The van der Waals surface area contributed by atoms with E-state index in [1.54, 1.807) is 16.9 Å². The highest BCUT2D eigenvalue weighted by atomic mass is 32.2. The number of nitrogens with one attached hydrogen (secondary N) is 2. The summed E-state index contributed by atoms with van der Waals surface area (Å²) in [6, 6.07) is 10.4. The van der Waals surface area contributed by atoms with Crippen LogP contribution in [0.3, 0.4) is 0 Å². The van der Waals surface area contributed by atoms with Gasteiger partial charge in [-0.1, -0.05) is 18.2 Å². The van der Waals surface area contributed by atoms with Crippen molar-refractivity contribution in [1.29, 1.82) is 0 Å². The smallest absolute Gasteiger partial charge is 0.320 e. The molecule has 1 saturated heterocycles. The summed E-state index contributed by atoms with van der Waals surface area (Å²) in [6.45, 7) is 0. The van der Waals surface area contributed by atoms with Crippen LogP contribution in [0.15, 0.2) is 42.6 Å². The van der Waals surface area contributed by atoms with Gasteiger partial charge < -0.3 is 5.32 Å². The van der Waals surface area contributed by atoms with Crippen molar-refractivity contribution in [3.05, 3.63) is 42.6 Å². The summed E-state index contributed by atoms with van der Waals surface area (Å²) in [5.41, 5.74) is 0.888. The van der Waals surface area contributed by atoms with Gasteiger partial charge in [0.25, 0.3) is 0 Å². The Hall–Kier alpha value is -2.35. The summed E-state index contributed by atoms with van der Waals surface area (Å²) in [5, 5.41) is 9.59. The predicted octanol–water partition coefficient (Wildman–Crippen LogP) is 1.57. The molecule has 1 atom stereocenters. The second kappa shape index (κ2) is 6.41. The molecule has 1 fully saturated rings. The Kier molecular flexibility index (Phi) is 4.33. The molecule has 1 unspecified atom stereocenters. The number of carbonyl (C=O) groups excluding carboxylic acids is 1. The first kappa shape index (κ1) is 15.5. The van der Waals surface area contributed by atoms with Crippen LogP contribution in [-0.2, 0) is 9.84 Å². The lowest BCUT2D eigenvalue weighted by atomic mass is 10.2. The highest BCUT2D eigenvalue weighted by Crippen LogP contribution is 2.13. The maximum atomic E-state index is 12.0. The van der Waals surface area contributed by atoms with E-state index in [2.05, 4.69) is 15.7 Å².